The van der Waals surface area contributed by atoms with Gasteiger partial charge in [0, 0.05) is 56.3 Å². The molecule has 3 fully saturated rings. The fourth-order valence-electron chi connectivity index (χ4n) is 6.07. The molecule has 3 aliphatic rings. The molecule has 0 aromatic carbocycles. The first kappa shape index (κ1) is 27.0. The van der Waals surface area contributed by atoms with Crippen LogP contribution in [-0.4, -0.2) is 78.0 Å². The van der Waals surface area contributed by atoms with E-state index < -0.39 is 17.3 Å². The normalized spacial score (nSPS) is 19.1. The zero-order valence-electron chi connectivity index (χ0n) is 23.2. The number of aryl methyl sites for hydroxylation is 1. The summed E-state index contributed by atoms with van der Waals surface area (Å²) in [5.74, 6) is -1.08. The van der Waals surface area contributed by atoms with Crippen LogP contribution < -0.4 is 10.9 Å². The molecule has 0 radical (unpaired) electrons. The number of nitrogens with zero attached hydrogens (tertiary/aromatic N) is 5. The van der Waals surface area contributed by atoms with E-state index in [1.54, 1.807) is 19.9 Å². The van der Waals surface area contributed by atoms with Gasteiger partial charge in [0.05, 0.1) is 5.69 Å². The number of carbonyl (C=O) groups is 3. The minimum Gasteiger partial charge on any atom is -0.492 e. The Morgan fingerprint density at radius 1 is 1.15 bits per heavy atom. The summed E-state index contributed by atoms with van der Waals surface area (Å²) in [7, 11) is 0. The highest BCUT2D eigenvalue weighted by atomic mass is 16.3. The average molecular weight is 539 g/mol. The lowest BCUT2D eigenvalue weighted by atomic mass is 9.85. The van der Waals surface area contributed by atoms with Crippen LogP contribution in [0.15, 0.2) is 10.9 Å². The molecule has 11 nitrogen and oxygen atoms in total. The number of fused-ring (bicyclic) bond motifs is 1. The monoisotopic (exact) mass is 538 g/mol. The van der Waals surface area contributed by atoms with Crippen molar-refractivity contribution in [1.82, 2.24) is 29.3 Å². The Kier molecular flexibility index (Phi) is 7.02. The molecule has 11 heteroatoms. The number of likely N-dealkylation sites (tertiary alicyclic amines) is 2. The van der Waals surface area contributed by atoms with E-state index in [-0.39, 0.29) is 34.9 Å². The number of hydrogen-bond donors (Lipinski definition) is 2. The van der Waals surface area contributed by atoms with Gasteiger partial charge < -0.3 is 20.2 Å². The van der Waals surface area contributed by atoms with E-state index >= 15 is 0 Å². The standard InChI is InChI=1S/C28H38N6O5/c1-17(2)16-32-25-21(18(3)30-34(25)27(39)23(26(32)38)24(37)29-20-6-7-20)8-9-22(36)33-13-5-10-28(33)11-14-31(15-12-28)19(4)35/h8-9,17,20,39H,5-7,10-16H2,1-4H3,(H,29,37). The van der Waals surface area contributed by atoms with Crippen molar-refractivity contribution in [1.29, 1.82) is 0 Å². The molecule has 1 aliphatic carbocycles. The van der Waals surface area contributed by atoms with Gasteiger partial charge in [-0.2, -0.15) is 9.61 Å². The lowest BCUT2D eigenvalue weighted by Gasteiger charge is -2.44. The van der Waals surface area contributed by atoms with Crippen molar-refractivity contribution in [3.8, 4) is 5.88 Å². The second kappa shape index (κ2) is 10.2. The van der Waals surface area contributed by atoms with Crippen molar-refractivity contribution in [2.24, 2.45) is 5.92 Å². The van der Waals surface area contributed by atoms with Crippen LogP contribution in [0.4, 0.5) is 0 Å². The quantitative estimate of drug-likeness (QED) is 0.542. The molecule has 0 unspecified atom stereocenters. The zero-order chi connectivity index (χ0) is 28.1. The van der Waals surface area contributed by atoms with Crippen molar-refractivity contribution in [3.63, 3.8) is 0 Å². The van der Waals surface area contributed by atoms with Crippen LogP contribution >= 0.6 is 0 Å². The fraction of sp³-hybridized carbons (Fsp3) is 0.607. The number of carbonyl (C=O) groups excluding carboxylic acids is 3. The van der Waals surface area contributed by atoms with Gasteiger partial charge in [0.2, 0.25) is 17.7 Å². The van der Waals surface area contributed by atoms with Crippen molar-refractivity contribution < 1.29 is 19.5 Å². The molecule has 5 rings (SSSR count). The van der Waals surface area contributed by atoms with Crippen LogP contribution in [0, 0.1) is 12.8 Å². The van der Waals surface area contributed by atoms with Crippen LogP contribution in [0.5, 0.6) is 5.88 Å². The Morgan fingerprint density at radius 3 is 2.46 bits per heavy atom. The summed E-state index contributed by atoms with van der Waals surface area (Å²) < 4.78 is 2.71. The van der Waals surface area contributed by atoms with E-state index in [4.69, 9.17) is 0 Å². The second-order valence-electron chi connectivity index (χ2n) is 11.6. The van der Waals surface area contributed by atoms with E-state index in [9.17, 15) is 24.3 Å². The Labute approximate surface area is 227 Å². The minimum atomic E-state index is -0.602. The number of aromatic nitrogens is 3. The third-order valence-corrected chi connectivity index (χ3v) is 8.30. The summed E-state index contributed by atoms with van der Waals surface area (Å²) in [5.41, 5.74) is 0.276. The largest absolute Gasteiger partial charge is 0.492 e. The molecular formula is C28H38N6O5. The molecule has 2 aromatic rings. The van der Waals surface area contributed by atoms with E-state index in [2.05, 4.69) is 10.4 Å². The average Bonchev–Trinajstić information content (AvgIpc) is 3.50. The Hall–Kier alpha value is -3.63. The van der Waals surface area contributed by atoms with Gasteiger partial charge in [0.15, 0.2) is 5.56 Å². The maximum absolute atomic E-state index is 13.5. The van der Waals surface area contributed by atoms with Gasteiger partial charge >= 0.3 is 0 Å². The third-order valence-electron chi connectivity index (χ3n) is 8.30. The molecule has 1 spiro atoms. The van der Waals surface area contributed by atoms with Crippen LogP contribution in [0.2, 0.25) is 0 Å². The first-order chi connectivity index (χ1) is 18.5. The Balaban J connectivity index is 1.49. The van der Waals surface area contributed by atoms with Gasteiger partial charge in [-0.1, -0.05) is 13.8 Å². The summed E-state index contributed by atoms with van der Waals surface area (Å²) in [6.07, 6.45) is 8.24. The van der Waals surface area contributed by atoms with Crippen molar-refractivity contribution >= 4 is 29.4 Å². The molecule has 4 heterocycles. The highest BCUT2D eigenvalue weighted by molar-refractivity contribution is 5.97. The molecule has 2 aromatic heterocycles. The summed E-state index contributed by atoms with van der Waals surface area (Å²) in [6.45, 7) is 9.53. The summed E-state index contributed by atoms with van der Waals surface area (Å²) in [4.78, 5) is 55.5. The van der Waals surface area contributed by atoms with Gasteiger partial charge in [0.25, 0.3) is 11.5 Å². The molecule has 3 amide bonds. The molecular weight excluding hydrogens is 500 g/mol. The molecule has 2 aliphatic heterocycles. The molecule has 1 saturated carbocycles. The van der Waals surface area contributed by atoms with Crippen molar-refractivity contribution in [2.75, 3.05) is 19.6 Å². The number of rotatable bonds is 6. The first-order valence-corrected chi connectivity index (χ1v) is 13.9. The fourth-order valence-corrected chi connectivity index (χ4v) is 6.07. The van der Waals surface area contributed by atoms with Crippen molar-refractivity contribution in [2.45, 2.75) is 84.3 Å². The lowest BCUT2D eigenvalue weighted by Crippen LogP contribution is -2.54. The van der Waals surface area contributed by atoms with Gasteiger partial charge in [-0.15, -0.1) is 0 Å². The summed E-state index contributed by atoms with van der Waals surface area (Å²) in [6, 6.07) is 0.0259. The first-order valence-electron chi connectivity index (χ1n) is 13.9. The number of nitrogens with one attached hydrogen (secondary N) is 1. The third kappa shape index (κ3) is 4.94. The Morgan fingerprint density at radius 2 is 1.85 bits per heavy atom. The predicted octanol–water partition coefficient (Wildman–Crippen LogP) is 2.07. The molecule has 39 heavy (non-hydrogen) atoms. The van der Waals surface area contributed by atoms with Gasteiger partial charge in [-0.3, -0.25) is 23.7 Å². The van der Waals surface area contributed by atoms with Crippen LogP contribution in [0.1, 0.15) is 80.9 Å². The van der Waals surface area contributed by atoms with Crippen molar-refractivity contribution in [3.05, 3.63) is 33.3 Å². The highest BCUT2D eigenvalue weighted by Gasteiger charge is 2.45. The second-order valence-corrected chi connectivity index (χ2v) is 11.6. The van der Waals surface area contributed by atoms with E-state index in [0.717, 1.165) is 38.5 Å². The molecule has 0 bridgehead atoms. The van der Waals surface area contributed by atoms with E-state index in [0.29, 0.717) is 43.1 Å². The molecule has 210 valence electrons. The minimum absolute atomic E-state index is 0.0259. The molecule has 2 N–H and O–H groups in total. The van der Waals surface area contributed by atoms with Gasteiger partial charge in [-0.05, 0) is 57.4 Å². The summed E-state index contributed by atoms with van der Waals surface area (Å²) in [5, 5.41) is 18.3. The number of hydrogen-bond acceptors (Lipinski definition) is 6. The molecule has 0 atom stereocenters. The lowest BCUT2D eigenvalue weighted by molar-refractivity contribution is -0.135. The van der Waals surface area contributed by atoms with Crippen LogP contribution in [0.25, 0.3) is 11.7 Å². The number of piperidine rings is 1. The number of aromatic hydroxyl groups is 1. The predicted molar refractivity (Wildman–Crippen MR) is 145 cm³/mol. The van der Waals surface area contributed by atoms with E-state index in [1.807, 2.05) is 23.6 Å². The smallest absolute Gasteiger partial charge is 0.270 e. The Bertz CT molecular complexity index is 1410. The SMILES string of the molecule is CC(=O)N1CCC2(CCCN2C(=O)C=Cc2c(C)nn3c(O)c(C(=O)NC4CC4)c(=O)n(CC(C)C)c23)CC1. The summed E-state index contributed by atoms with van der Waals surface area (Å²) >= 11 is 0. The van der Waals surface area contributed by atoms with E-state index in [1.165, 1.54) is 15.2 Å². The molecule has 2 saturated heterocycles. The van der Waals surface area contributed by atoms with Crippen LogP contribution in [-0.2, 0) is 16.1 Å². The topological polar surface area (TPSA) is 129 Å². The van der Waals surface area contributed by atoms with Gasteiger partial charge in [-0.25, -0.2) is 0 Å². The number of amides is 3. The van der Waals surface area contributed by atoms with Crippen LogP contribution in [0.3, 0.4) is 0 Å². The maximum atomic E-state index is 13.5. The van der Waals surface area contributed by atoms with Gasteiger partial charge in [0.1, 0.15) is 5.65 Å². The zero-order valence-corrected chi connectivity index (χ0v) is 23.2. The highest BCUT2D eigenvalue weighted by Crippen LogP contribution is 2.39. The maximum Gasteiger partial charge on any atom is 0.270 e.